The van der Waals surface area contributed by atoms with Crippen LogP contribution in [0.25, 0.3) is 0 Å². The summed E-state index contributed by atoms with van der Waals surface area (Å²) in [5.41, 5.74) is 1.05. The van der Waals surface area contributed by atoms with Gasteiger partial charge in [-0.2, -0.15) is 0 Å². The maximum absolute atomic E-state index is 13.8. The minimum absolute atomic E-state index is 0.00223. The minimum Gasteiger partial charge on any atom is -0.335 e. The van der Waals surface area contributed by atoms with Gasteiger partial charge >= 0.3 is 6.03 Å². The van der Waals surface area contributed by atoms with Crippen LogP contribution in [0.2, 0.25) is 0 Å². The predicted octanol–water partition coefficient (Wildman–Crippen LogP) is 3.84. The Morgan fingerprint density at radius 2 is 1.96 bits per heavy atom. The Kier molecular flexibility index (Phi) is 5.26. The standard InChI is InChI=1S/C19H21F2N3O/c1-13(12-15-16(20)4-2-5-17(15)21)23-19(25)24-11-3-6-18(24)14-7-9-22-10-8-14/h2,4-5,7-10,13,18H,3,6,11-12H2,1H3,(H,23,25)/t13-,18-/m0/s1. The summed E-state index contributed by atoms with van der Waals surface area (Å²) in [7, 11) is 0. The highest BCUT2D eigenvalue weighted by molar-refractivity contribution is 5.75. The third kappa shape index (κ3) is 3.95. The van der Waals surface area contributed by atoms with Crippen molar-refractivity contribution in [3.8, 4) is 0 Å². The summed E-state index contributed by atoms with van der Waals surface area (Å²) >= 11 is 0. The molecule has 0 saturated carbocycles. The van der Waals surface area contributed by atoms with Crippen molar-refractivity contribution in [1.82, 2.24) is 15.2 Å². The third-order valence-electron chi connectivity index (χ3n) is 4.55. The molecule has 2 amide bonds. The predicted molar refractivity (Wildman–Crippen MR) is 91.0 cm³/mol. The fourth-order valence-corrected chi connectivity index (χ4v) is 3.32. The molecule has 1 fully saturated rings. The van der Waals surface area contributed by atoms with Gasteiger partial charge in [0.1, 0.15) is 11.6 Å². The number of nitrogens with zero attached hydrogens (tertiary/aromatic N) is 2. The monoisotopic (exact) mass is 345 g/mol. The van der Waals surface area contributed by atoms with Crippen LogP contribution in [0.5, 0.6) is 0 Å². The van der Waals surface area contributed by atoms with E-state index >= 15 is 0 Å². The van der Waals surface area contributed by atoms with Gasteiger partial charge in [-0.05, 0) is 56.0 Å². The van der Waals surface area contributed by atoms with Crippen molar-refractivity contribution in [3.05, 3.63) is 65.5 Å². The average Bonchev–Trinajstić information content (AvgIpc) is 3.09. The number of amides is 2. The number of nitrogens with one attached hydrogen (secondary N) is 1. The van der Waals surface area contributed by atoms with Crippen molar-refractivity contribution < 1.29 is 13.6 Å². The lowest BCUT2D eigenvalue weighted by atomic mass is 10.1. The summed E-state index contributed by atoms with van der Waals surface area (Å²) in [6, 6.07) is 7.05. The molecule has 0 bridgehead atoms. The first-order valence-electron chi connectivity index (χ1n) is 8.46. The molecule has 25 heavy (non-hydrogen) atoms. The number of likely N-dealkylation sites (tertiary alicyclic amines) is 1. The van der Waals surface area contributed by atoms with Crippen molar-refractivity contribution in [2.75, 3.05) is 6.54 Å². The summed E-state index contributed by atoms with van der Waals surface area (Å²) in [6.07, 6.45) is 5.36. The topological polar surface area (TPSA) is 45.2 Å². The number of pyridine rings is 1. The fourth-order valence-electron chi connectivity index (χ4n) is 3.32. The largest absolute Gasteiger partial charge is 0.335 e. The van der Waals surface area contributed by atoms with Crippen LogP contribution in [-0.4, -0.2) is 28.5 Å². The molecule has 1 aliphatic rings. The molecule has 2 aromatic rings. The van der Waals surface area contributed by atoms with Gasteiger partial charge in [0.15, 0.2) is 0 Å². The van der Waals surface area contributed by atoms with Gasteiger partial charge < -0.3 is 10.2 Å². The van der Waals surface area contributed by atoms with Crippen LogP contribution in [0, 0.1) is 11.6 Å². The van der Waals surface area contributed by atoms with Crippen molar-refractivity contribution in [2.45, 2.75) is 38.3 Å². The van der Waals surface area contributed by atoms with E-state index in [4.69, 9.17) is 0 Å². The molecule has 0 radical (unpaired) electrons. The summed E-state index contributed by atoms with van der Waals surface area (Å²) < 4.78 is 27.5. The second-order valence-electron chi connectivity index (χ2n) is 6.39. The average molecular weight is 345 g/mol. The van der Waals surface area contributed by atoms with E-state index in [1.165, 1.54) is 18.2 Å². The van der Waals surface area contributed by atoms with Crippen molar-refractivity contribution >= 4 is 6.03 Å². The summed E-state index contributed by atoms with van der Waals surface area (Å²) in [4.78, 5) is 18.4. The fraction of sp³-hybridized carbons (Fsp3) is 0.368. The number of rotatable bonds is 4. The van der Waals surface area contributed by atoms with Gasteiger partial charge in [-0.3, -0.25) is 4.98 Å². The highest BCUT2D eigenvalue weighted by atomic mass is 19.1. The number of urea groups is 1. The van der Waals surface area contributed by atoms with Gasteiger partial charge in [0.2, 0.25) is 0 Å². The number of carbonyl (C=O) groups excluding carboxylic acids is 1. The SMILES string of the molecule is C[C@@H](Cc1c(F)cccc1F)NC(=O)N1CCC[C@H]1c1ccncc1. The van der Waals surface area contributed by atoms with Crippen molar-refractivity contribution in [2.24, 2.45) is 0 Å². The molecule has 3 rings (SSSR count). The minimum atomic E-state index is -0.586. The van der Waals surface area contributed by atoms with Crippen molar-refractivity contribution in [3.63, 3.8) is 0 Å². The Balaban J connectivity index is 1.65. The zero-order valence-electron chi connectivity index (χ0n) is 14.1. The van der Waals surface area contributed by atoms with Crippen LogP contribution >= 0.6 is 0 Å². The van der Waals surface area contributed by atoms with Gasteiger partial charge in [-0.15, -0.1) is 0 Å². The van der Waals surface area contributed by atoms with Gasteiger partial charge in [0.05, 0.1) is 6.04 Å². The molecule has 1 aromatic heterocycles. The van der Waals surface area contributed by atoms with E-state index in [1.807, 2.05) is 12.1 Å². The Morgan fingerprint density at radius 1 is 1.28 bits per heavy atom. The Labute approximate surface area is 145 Å². The third-order valence-corrected chi connectivity index (χ3v) is 4.55. The quantitative estimate of drug-likeness (QED) is 0.915. The first-order chi connectivity index (χ1) is 12.1. The molecule has 1 N–H and O–H groups in total. The zero-order chi connectivity index (χ0) is 17.8. The molecule has 1 aliphatic heterocycles. The molecule has 0 aliphatic carbocycles. The van der Waals surface area contributed by atoms with E-state index in [1.54, 1.807) is 24.2 Å². The normalized spacial score (nSPS) is 18.2. The first kappa shape index (κ1) is 17.3. The molecular formula is C19H21F2N3O. The highest BCUT2D eigenvalue weighted by Gasteiger charge is 2.30. The van der Waals surface area contributed by atoms with Gasteiger partial charge in [0, 0.05) is 30.5 Å². The Morgan fingerprint density at radius 3 is 2.64 bits per heavy atom. The Bertz CT molecular complexity index is 718. The van der Waals surface area contributed by atoms with E-state index in [0.29, 0.717) is 6.54 Å². The van der Waals surface area contributed by atoms with E-state index in [2.05, 4.69) is 10.3 Å². The second kappa shape index (κ2) is 7.59. The van der Waals surface area contributed by atoms with E-state index in [-0.39, 0.29) is 30.1 Å². The van der Waals surface area contributed by atoms with Crippen LogP contribution in [0.3, 0.4) is 0 Å². The Hall–Kier alpha value is -2.50. The highest BCUT2D eigenvalue weighted by Crippen LogP contribution is 2.31. The lowest BCUT2D eigenvalue weighted by Gasteiger charge is -2.27. The summed E-state index contributed by atoms with van der Waals surface area (Å²) in [6.45, 7) is 2.42. The van der Waals surface area contributed by atoms with E-state index < -0.39 is 11.6 Å². The maximum Gasteiger partial charge on any atom is 0.318 e. The van der Waals surface area contributed by atoms with Crippen LogP contribution in [0.15, 0.2) is 42.7 Å². The van der Waals surface area contributed by atoms with Crippen molar-refractivity contribution in [1.29, 1.82) is 0 Å². The molecule has 2 heterocycles. The molecule has 2 atom stereocenters. The number of halogens is 2. The summed E-state index contributed by atoms with van der Waals surface area (Å²) in [5.74, 6) is -1.17. The zero-order valence-corrected chi connectivity index (χ0v) is 14.1. The molecule has 0 unspecified atom stereocenters. The van der Waals surface area contributed by atoms with Gasteiger partial charge in [-0.25, -0.2) is 13.6 Å². The molecule has 6 heteroatoms. The smallest absolute Gasteiger partial charge is 0.318 e. The molecular weight excluding hydrogens is 324 g/mol. The maximum atomic E-state index is 13.8. The summed E-state index contributed by atoms with van der Waals surface area (Å²) in [5, 5.41) is 2.86. The molecule has 0 spiro atoms. The van der Waals surface area contributed by atoms with E-state index in [9.17, 15) is 13.6 Å². The number of carbonyl (C=O) groups is 1. The molecule has 4 nitrogen and oxygen atoms in total. The molecule has 1 saturated heterocycles. The molecule has 1 aromatic carbocycles. The number of hydrogen-bond acceptors (Lipinski definition) is 2. The second-order valence-corrected chi connectivity index (χ2v) is 6.39. The number of aromatic nitrogens is 1. The van der Waals surface area contributed by atoms with Gasteiger partial charge in [0.25, 0.3) is 0 Å². The van der Waals surface area contributed by atoms with Gasteiger partial charge in [-0.1, -0.05) is 6.07 Å². The van der Waals surface area contributed by atoms with E-state index in [0.717, 1.165) is 18.4 Å². The van der Waals surface area contributed by atoms with Crippen LogP contribution in [0.4, 0.5) is 13.6 Å². The van der Waals surface area contributed by atoms with Crippen LogP contribution in [-0.2, 0) is 6.42 Å². The number of benzene rings is 1. The number of hydrogen-bond donors (Lipinski definition) is 1. The lowest BCUT2D eigenvalue weighted by molar-refractivity contribution is 0.189. The van der Waals surface area contributed by atoms with Crippen LogP contribution < -0.4 is 5.32 Å². The molecule has 132 valence electrons. The first-order valence-corrected chi connectivity index (χ1v) is 8.46. The lowest BCUT2D eigenvalue weighted by Crippen LogP contribution is -2.44. The van der Waals surface area contributed by atoms with Crippen LogP contribution in [0.1, 0.15) is 36.9 Å².